The molecule has 0 aromatic heterocycles. The first-order chi connectivity index (χ1) is 11.5. The zero-order valence-corrected chi connectivity index (χ0v) is 16.1. The van der Waals surface area contributed by atoms with Gasteiger partial charge < -0.3 is 29.6 Å². The van der Waals surface area contributed by atoms with Crippen LogP contribution in [0.25, 0.3) is 0 Å². The molecular formula is C17H27ClN2O5. The molecule has 2 N–H and O–H groups in total. The van der Waals surface area contributed by atoms with E-state index in [4.69, 9.17) is 18.9 Å². The Labute approximate surface area is 154 Å². The number of carbonyl (C=O) groups is 1. The molecular weight excluding hydrogens is 348 g/mol. The van der Waals surface area contributed by atoms with Gasteiger partial charge in [0.25, 0.3) is 0 Å². The standard InChI is InChI=1S/C17H26N2O5.ClH/c1-10(19-17(20)15-11(2)24-7-6-18-15)12-8-13(21-3)16(23-5)14(9-12)22-4;/h8-11,15,18H,6-7H2,1-5H3,(H,19,20);1H/t10?,11-,15+;/m1./s1. The number of methoxy groups -OCH3 is 3. The molecule has 25 heavy (non-hydrogen) atoms. The van der Waals surface area contributed by atoms with Gasteiger partial charge in [0.2, 0.25) is 11.7 Å². The molecule has 1 unspecified atom stereocenters. The summed E-state index contributed by atoms with van der Waals surface area (Å²) in [5.74, 6) is 1.54. The number of benzene rings is 1. The smallest absolute Gasteiger partial charge is 0.240 e. The molecule has 0 aliphatic carbocycles. The lowest BCUT2D eigenvalue weighted by Crippen LogP contribution is -2.55. The lowest BCUT2D eigenvalue weighted by atomic mass is 10.0. The highest BCUT2D eigenvalue weighted by molar-refractivity contribution is 5.85. The summed E-state index contributed by atoms with van der Waals surface area (Å²) in [6.07, 6.45) is -0.161. The Morgan fingerprint density at radius 1 is 1.24 bits per heavy atom. The van der Waals surface area contributed by atoms with Crippen molar-refractivity contribution in [1.29, 1.82) is 0 Å². The average Bonchev–Trinajstić information content (AvgIpc) is 2.60. The largest absolute Gasteiger partial charge is 0.493 e. The average molecular weight is 375 g/mol. The highest BCUT2D eigenvalue weighted by atomic mass is 35.5. The molecule has 0 spiro atoms. The van der Waals surface area contributed by atoms with Gasteiger partial charge in [-0.05, 0) is 31.5 Å². The van der Waals surface area contributed by atoms with E-state index in [1.54, 1.807) is 21.3 Å². The molecule has 1 amide bonds. The normalized spacial score (nSPS) is 20.8. The van der Waals surface area contributed by atoms with Crippen LogP contribution in [-0.2, 0) is 9.53 Å². The van der Waals surface area contributed by atoms with Crippen LogP contribution in [0.15, 0.2) is 12.1 Å². The van der Waals surface area contributed by atoms with Crippen molar-refractivity contribution in [3.8, 4) is 17.2 Å². The maximum Gasteiger partial charge on any atom is 0.240 e. The topological polar surface area (TPSA) is 78.1 Å². The number of halogens is 1. The highest BCUT2D eigenvalue weighted by Gasteiger charge is 2.29. The molecule has 1 aliphatic heterocycles. The Hall–Kier alpha value is -1.70. The number of morpholine rings is 1. The van der Waals surface area contributed by atoms with E-state index < -0.39 is 0 Å². The minimum absolute atomic E-state index is 0. The predicted octanol–water partition coefficient (Wildman–Crippen LogP) is 1.69. The van der Waals surface area contributed by atoms with Crippen LogP contribution in [0.3, 0.4) is 0 Å². The lowest BCUT2D eigenvalue weighted by molar-refractivity contribution is -0.129. The van der Waals surface area contributed by atoms with E-state index in [0.717, 1.165) is 5.56 Å². The third-order valence-electron chi connectivity index (χ3n) is 4.14. The third-order valence-corrected chi connectivity index (χ3v) is 4.14. The van der Waals surface area contributed by atoms with E-state index in [-0.39, 0.29) is 36.5 Å². The van der Waals surface area contributed by atoms with Crippen molar-refractivity contribution in [2.75, 3.05) is 34.5 Å². The summed E-state index contributed by atoms with van der Waals surface area (Å²) < 4.78 is 21.6. The number of carbonyl (C=O) groups excluding carboxylic acids is 1. The number of nitrogens with one attached hydrogen (secondary N) is 2. The van der Waals surface area contributed by atoms with E-state index >= 15 is 0 Å². The SMILES string of the molecule is COc1cc(C(C)NC(=O)[C@H]2NCCO[C@@H]2C)cc(OC)c1OC.Cl. The molecule has 1 fully saturated rings. The number of hydrogen-bond acceptors (Lipinski definition) is 6. The van der Waals surface area contributed by atoms with Gasteiger partial charge in [-0.25, -0.2) is 0 Å². The minimum Gasteiger partial charge on any atom is -0.493 e. The van der Waals surface area contributed by atoms with Gasteiger partial charge in [-0.2, -0.15) is 0 Å². The van der Waals surface area contributed by atoms with E-state index in [1.165, 1.54) is 0 Å². The zero-order chi connectivity index (χ0) is 17.7. The summed E-state index contributed by atoms with van der Waals surface area (Å²) in [5.41, 5.74) is 0.863. The van der Waals surface area contributed by atoms with E-state index in [2.05, 4.69) is 10.6 Å². The van der Waals surface area contributed by atoms with Gasteiger partial charge >= 0.3 is 0 Å². The van der Waals surface area contributed by atoms with Crippen molar-refractivity contribution in [3.05, 3.63) is 17.7 Å². The molecule has 3 atom stereocenters. The summed E-state index contributed by atoms with van der Waals surface area (Å²) in [4.78, 5) is 12.5. The molecule has 1 aliphatic rings. The summed E-state index contributed by atoms with van der Waals surface area (Å²) in [5, 5.41) is 6.19. The fraction of sp³-hybridized carbons (Fsp3) is 0.588. The highest BCUT2D eigenvalue weighted by Crippen LogP contribution is 2.39. The van der Waals surface area contributed by atoms with Crippen LogP contribution in [0.5, 0.6) is 17.2 Å². The van der Waals surface area contributed by atoms with Gasteiger partial charge in [-0.15, -0.1) is 12.4 Å². The van der Waals surface area contributed by atoms with Crippen molar-refractivity contribution < 1.29 is 23.7 Å². The first-order valence-corrected chi connectivity index (χ1v) is 7.97. The Kier molecular flexibility index (Phi) is 8.28. The lowest BCUT2D eigenvalue weighted by Gasteiger charge is -2.30. The van der Waals surface area contributed by atoms with Crippen LogP contribution in [0, 0.1) is 0 Å². The van der Waals surface area contributed by atoms with Gasteiger partial charge in [-0.3, -0.25) is 4.79 Å². The second kappa shape index (κ2) is 9.70. The molecule has 0 bridgehead atoms. The summed E-state index contributed by atoms with van der Waals surface area (Å²) in [6.45, 7) is 5.09. The maximum atomic E-state index is 12.5. The number of ether oxygens (including phenoxy) is 4. The van der Waals surface area contributed by atoms with Crippen molar-refractivity contribution in [1.82, 2.24) is 10.6 Å². The molecule has 1 aromatic carbocycles. The van der Waals surface area contributed by atoms with Gasteiger partial charge in [-0.1, -0.05) is 0 Å². The van der Waals surface area contributed by atoms with Crippen LogP contribution in [0.1, 0.15) is 25.5 Å². The summed E-state index contributed by atoms with van der Waals surface area (Å²) >= 11 is 0. The molecule has 0 radical (unpaired) electrons. The number of hydrogen-bond donors (Lipinski definition) is 2. The number of amides is 1. The van der Waals surface area contributed by atoms with Gasteiger partial charge in [0, 0.05) is 6.54 Å². The Balaban J connectivity index is 0.00000312. The maximum absolute atomic E-state index is 12.5. The Bertz CT molecular complexity index is 559. The molecule has 8 heteroatoms. The van der Waals surface area contributed by atoms with Crippen molar-refractivity contribution in [2.45, 2.75) is 32.0 Å². The first kappa shape index (κ1) is 21.3. The van der Waals surface area contributed by atoms with Crippen LogP contribution in [0.2, 0.25) is 0 Å². The zero-order valence-electron chi connectivity index (χ0n) is 15.3. The molecule has 1 aromatic rings. The Morgan fingerprint density at radius 3 is 2.32 bits per heavy atom. The summed E-state index contributed by atoms with van der Waals surface area (Å²) in [7, 11) is 4.69. The van der Waals surface area contributed by atoms with Gasteiger partial charge in [0.05, 0.1) is 40.1 Å². The van der Waals surface area contributed by atoms with Crippen LogP contribution in [0.4, 0.5) is 0 Å². The fourth-order valence-electron chi connectivity index (χ4n) is 2.77. The van der Waals surface area contributed by atoms with Crippen LogP contribution < -0.4 is 24.8 Å². The second-order valence-corrected chi connectivity index (χ2v) is 5.70. The van der Waals surface area contributed by atoms with Gasteiger partial charge in [0.15, 0.2) is 11.5 Å². The Morgan fingerprint density at radius 2 is 1.84 bits per heavy atom. The van der Waals surface area contributed by atoms with E-state index in [1.807, 2.05) is 26.0 Å². The first-order valence-electron chi connectivity index (χ1n) is 7.97. The van der Waals surface area contributed by atoms with E-state index in [9.17, 15) is 4.79 Å². The van der Waals surface area contributed by atoms with Crippen molar-refractivity contribution >= 4 is 18.3 Å². The second-order valence-electron chi connectivity index (χ2n) is 5.70. The summed E-state index contributed by atoms with van der Waals surface area (Å²) in [6, 6.07) is 3.09. The molecule has 1 saturated heterocycles. The number of rotatable bonds is 6. The van der Waals surface area contributed by atoms with Crippen molar-refractivity contribution in [3.63, 3.8) is 0 Å². The minimum atomic E-state index is -0.358. The monoisotopic (exact) mass is 374 g/mol. The predicted molar refractivity (Wildman–Crippen MR) is 97.1 cm³/mol. The van der Waals surface area contributed by atoms with Gasteiger partial charge in [0.1, 0.15) is 6.04 Å². The third kappa shape index (κ3) is 4.90. The molecule has 7 nitrogen and oxygen atoms in total. The molecule has 2 rings (SSSR count). The quantitative estimate of drug-likeness (QED) is 0.789. The molecule has 1 heterocycles. The van der Waals surface area contributed by atoms with Crippen molar-refractivity contribution in [2.24, 2.45) is 0 Å². The van der Waals surface area contributed by atoms with Crippen LogP contribution >= 0.6 is 12.4 Å². The molecule has 142 valence electrons. The fourth-order valence-corrected chi connectivity index (χ4v) is 2.77. The molecule has 0 saturated carbocycles. The van der Waals surface area contributed by atoms with E-state index in [0.29, 0.717) is 30.4 Å². The van der Waals surface area contributed by atoms with Crippen LogP contribution in [-0.4, -0.2) is 52.5 Å².